The number of hydrogen-bond acceptors (Lipinski definition) is 7. The zero-order chi connectivity index (χ0) is 26.4. The molecule has 13 heteroatoms. The van der Waals surface area contributed by atoms with Crippen molar-refractivity contribution in [1.29, 1.82) is 5.41 Å². The summed E-state index contributed by atoms with van der Waals surface area (Å²) in [5.74, 6) is -3.14. The number of nitrogens with two attached hydrogens (primary N) is 2. The van der Waals surface area contributed by atoms with Crippen LogP contribution in [0.5, 0.6) is 0 Å². The highest BCUT2D eigenvalue weighted by Gasteiger charge is 2.31. The van der Waals surface area contributed by atoms with Crippen LogP contribution in [0.15, 0.2) is 0 Å². The second-order valence-corrected chi connectivity index (χ2v) is 9.11. The van der Waals surface area contributed by atoms with E-state index in [1.54, 1.807) is 13.8 Å². The molecule has 1 rings (SSSR count). The number of nitrogens with one attached hydrogen (secondary N) is 6. The van der Waals surface area contributed by atoms with Crippen molar-refractivity contribution in [2.75, 3.05) is 19.6 Å². The fourth-order valence-electron chi connectivity index (χ4n) is 3.78. The fourth-order valence-corrected chi connectivity index (χ4v) is 3.78. The lowest BCUT2D eigenvalue weighted by molar-refractivity contribution is -0.143. The molecule has 0 bridgehead atoms. The predicted octanol–water partition coefficient (Wildman–Crippen LogP) is -1.67. The van der Waals surface area contributed by atoms with Crippen molar-refractivity contribution in [3.05, 3.63) is 0 Å². The van der Waals surface area contributed by atoms with Gasteiger partial charge in [0.2, 0.25) is 17.7 Å². The first-order valence-corrected chi connectivity index (χ1v) is 12.2. The smallest absolute Gasteiger partial charge is 0.326 e. The first-order valence-electron chi connectivity index (χ1n) is 12.2. The number of hydrogen-bond donors (Lipinski definition) is 9. The molecule has 0 aromatic carbocycles. The van der Waals surface area contributed by atoms with Crippen LogP contribution in [0, 0.1) is 11.3 Å². The molecule has 11 N–H and O–H groups in total. The zero-order valence-electron chi connectivity index (χ0n) is 20.7. The molecule has 4 atom stereocenters. The minimum absolute atomic E-state index is 0.194. The average molecular weight is 499 g/mol. The molecule has 0 spiro atoms. The van der Waals surface area contributed by atoms with Gasteiger partial charge in [0, 0.05) is 6.54 Å². The molecule has 1 fully saturated rings. The second kappa shape index (κ2) is 15.9. The second-order valence-electron chi connectivity index (χ2n) is 9.11. The zero-order valence-corrected chi connectivity index (χ0v) is 20.7. The van der Waals surface area contributed by atoms with Crippen LogP contribution in [0.4, 0.5) is 0 Å². The van der Waals surface area contributed by atoms with Crippen LogP contribution < -0.4 is 38.1 Å². The van der Waals surface area contributed by atoms with Crippen molar-refractivity contribution in [3.8, 4) is 0 Å². The quantitative estimate of drug-likeness (QED) is 0.0672. The monoisotopic (exact) mass is 498 g/mol. The molecular weight excluding hydrogens is 456 g/mol. The maximum Gasteiger partial charge on any atom is 0.326 e. The first kappa shape index (κ1) is 30.1. The van der Waals surface area contributed by atoms with E-state index in [1.165, 1.54) is 0 Å². The molecule has 0 aromatic heterocycles. The summed E-state index contributed by atoms with van der Waals surface area (Å²) in [6, 6.07) is -3.37. The van der Waals surface area contributed by atoms with Crippen molar-refractivity contribution in [2.24, 2.45) is 17.4 Å². The molecule has 1 aliphatic heterocycles. The highest BCUT2D eigenvalue weighted by molar-refractivity contribution is 5.94. The van der Waals surface area contributed by atoms with Gasteiger partial charge in [-0.2, -0.15) is 0 Å². The van der Waals surface area contributed by atoms with E-state index in [1.807, 2.05) is 0 Å². The summed E-state index contributed by atoms with van der Waals surface area (Å²) in [6.07, 6.45) is 3.69. The maximum atomic E-state index is 13.2. The van der Waals surface area contributed by atoms with Crippen LogP contribution >= 0.6 is 0 Å². The molecule has 35 heavy (non-hydrogen) atoms. The van der Waals surface area contributed by atoms with Gasteiger partial charge in [-0.15, -0.1) is 0 Å². The maximum absolute atomic E-state index is 13.2. The van der Waals surface area contributed by atoms with E-state index >= 15 is 0 Å². The van der Waals surface area contributed by atoms with Gasteiger partial charge in [-0.3, -0.25) is 19.8 Å². The van der Waals surface area contributed by atoms with Crippen LogP contribution in [0.3, 0.4) is 0 Å². The molecule has 1 heterocycles. The largest absolute Gasteiger partial charge is 0.480 e. The number of amides is 3. The van der Waals surface area contributed by atoms with E-state index in [4.69, 9.17) is 16.9 Å². The lowest BCUT2D eigenvalue weighted by atomic mass is 10.0. The lowest BCUT2D eigenvalue weighted by Crippen LogP contribution is -2.57. The number of guanidine groups is 1. The summed E-state index contributed by atoms with van der Waals surface area (Å²) in [4.78, 5) is 50.3. The summed E-state index contributed by atoms with van der Waals surface area (Å²) >= 11 is 0. The minimum atomic E-state index is -1.16. The van der Waals surface area contributed by atoms with Gasteiger partial charge in [0.05, 0.1) is 6.04 Å². The van der Waals surface area contributed by atoms with Gasteiger partial charge in [-0.25, -0.2) is 4.79 Å². The Bertz CT molecular complexity index is 727. The van der Waals surface area contributed by atoms with Gasteiger partial charge >= 0.3 is 5.97 Å². The minimum Gasteiger partial charge on any atom is -0.480 e. The Kier molecular flexibility index (Phi) is 13.7. The summed E-state index contributed by atoms with van der Waals surface area (Å²) < 4.78 is 0. The molecule has 0 saturated carbocycles. The standard InChI is InChI=1S/C22H42N8O5/c1-13(2)17(21(34)35)30-20(33)15(7-3-4-10-23)29-19(32)16(9-6-12-27-22(24)25)28-18(31)14-8-5-11-26-14/h13-17,26H,3-12,23H2,1-2H3,(H,28,31)(H,29,32)(H,30,33)(H,34,35)(H4,24,25,27)/t14-,15-,16-,17-/m0/s1. The topological polar surface area (TPSA) is 225 Å². The molecule has 1 aliphatic rings. The Morgan fingerprint density at radius 2 is 1.66 bits per heavy atom. The number of carboxylic acid groups (broad SMARTS) is 1. The molecule has 3 amide bonds. The third-order valence-corrected chi connectivity index (χ3v) is 5.81. The highest BCUT2D eigenvalue weighted by Crippen LogP contribution is 2.09. The van der Waals surface area contributed by atoms with Gasteiger partial charge in [-0.1, -0.05) is 13.8 Å². The summed E-state index contributed by atoms with van der Waals surface area (Å²) in [6.45, 7) is 4.84. The first-order chi connectivity index (χ1) is 16.6. The van der Waals surface area contributed by atoms with Gasteiger partial charge in [0.1, 0.15) is 18.1 Å². The van der Waals surface area contributed by atoms with Gasteiger partial charge in [0.25, 0.3) is 0 Å². The van der Waals surface area contributed by atoms with Crippen LogP contribution in [0.1, 0.15) is 58.8 Å². The molecular formula is C22H42N8O5. The Labute approximate surface area is 206 Å². The van der Waals surface area contributed by atoms with Crippen molar-refractivity contribution in [2.45, 2.75) is 83.0 Å². The number of unbranched alkanes of at least 4 members (excludes halogenated alkanes) is 1. The molecule has 0 unspecified atom stereocenters. The third kappa shape index (κ3) is 11.4. The van der Waals surface area contributed by atoms with E-state index in [-0.39, 0.29) is 36.7 Å². The Balaban J connectivity index is 2.93. The number of rotatable bonds is 16. The number of aliphatic carboxylic acids is 1. The predicted molar refractivity (Wildman–Crippen MR) is 131 cm³/mol. The van der Waals surface area contributed by atoms with E-state index < -0.39 is 35.9 Å². The third-order valence-electron chi connectivity index (χ3n) is 5.81. The molecule has 0 aromatic rings. The van der Waals surface area contributed by atoms with E-state index in [0.29, 0.717) is 38.8 Å². The Hall–Kier alpha value is -2.93. The Morgan fingerprint density at radius 1 is 1.03 bits per heavy atom. The lowest BCUT2D eigenvalue weighted by Gasteiger charge is -2.26. The molecule has 0 aliphatic carbocycles. The van der Waals surface area contributed by atoms with Gasteiger partial charge < -0.3 is 43.2 Å². The van der Waals surface area contributed by atoms with Gasteiger partial charge in [-0.05, 0) is 64.0 Å². The summed E-state index contributed by atoms with van der Waals surface area (Å²) in [5.41, 5.74) is 10.8. The Morgan fingerprint density at radius 3 is 2.20 bits per heavy atom. The molecule has 0 radical (unpaired) electrons. The van der Waals surface area contributed by atoms with E-state index in [0.717, 1.165) is 13.0 Å². The van der Waals surface area contributed by atoms with Crippen molar-refractivity contribution >= 4 is 29.7 Å². The number of carbonyl (C=O) groups is 4. The number of carboxylic acids is 1. The SMILES string of the molecule is CC(C)[C@H](NC(=O)[C@H](CCCCN)NC(=O)[C@H](CCCNC(=N)N)NC(=O)[C@@H]1CCCN1)C(=O)O. The summed E-state index contributed by atoms with van der Waals surface area (Å²) in [5, 5.41) is 30.4. The normalized spacial score (nSPS) is 17.8. The number of carbonyl (C=O) groups excluding carboxylic acids is 3. The molecule has 200 valence electrons. The van der Waals surface area contributed by atoms with Crippen LogP contribution in [0.2, 0.25) is 0 Å². The van der Waals surface area contributed by atoms with Crippen LogP contribution in [-0.2, 0) is 19.2 Å². The van der Waals surface area contributed by atoms with Crippen molar-refractivity contribution in [3.63, 3.8) is 0 Å². The summed E-state index contributed by atoms with van der Waals surface area (Å²) in [7, 11) is 0. The van der Waals surface area contributed by atoms with Crippen LogP contribution in [0.25, 0.3) is 0 Å². The highest BCUT2D eigenvalue weighted by atomic mass is 16.4. The van der Waals surface area contributed by atoms with E-state index in [9.17, 15) is 24.3 Å². The van der Waals surface area contributed by atoms with Crippen molar-refractivity contribution in [1.82, 2.24) is 26.6 Å². The van der Waals surface area contributed by atoms with Gasteiger partial charge in [0.15, 0.2) is 5.96 Å². The molecule has 1 saturated heterocycles. The molecule has 13 nitrogen and oxygen atoms in total. The van der Waals surface area contributed by atoms with Crippen LogP contribution in [-0.4, -0.2) is 78.6 Å². The fraction of sp³-hybridized carbons (Fsp3) is 0.773. The van der Waals surface area contributed by atoms with Crippen molar-refractivity contribution < 1.29 is 24.3 Å². The van der Waals surface area contributed by atoms with E-state index in [2.05, 4.69) is 26.6 Å². The average Bonchev–Trinajstić information content (AvgIpc) is 3.33.